The largest absolute Gasteiger partial charge is 0.481 e. The molecule has 1 aliphatic rings. The number of anilines is 1. The molecule has 1 aliphatic carbocycles. The lowest BCUT2D eigenvalue weighted by Gasteiger charge is -2.16. The van der Waals surface area contributed by atoms with E-state index < -0.39 is 10.9 Å². The number of carboxylic acid groups (broad SMARTS) is 1. The van der Waals surface area contributed by atoms with Crippen molar-refractivity contribution in [3.8, 4) is 0 Å². The minimum absolute atomic E-state index is 0.0486. The van der Waals surface area contributed by atoms with Gasteiger partial charge >= 0.3 is 11.8 Å². The van der Waals surface area contributed by atoms with Crippen molar-refractivity contribution in [2.24, 2.45) is 13.0 Å². The van der Waals surface area contributed by atoms with Crippen LogP contribution in [-0.4, -0.2) is 31.6 Å². The summed E-state index contributed by atoms with van der Waals surface area (Å²) in [5.74, 6) is -0.647. The third-order valence-electron chi connectivity index (χ3n) is 3.00. The SMILES string of the molecule is Cn1cnc([N+](=O)[O-])c1NC(CC(=O)O)C1CC1. The topological polar surface area (TPSA) is 110 Å². The minimum Gasteiger partial charge on any atom is -0.481 e. The van der Waals surface area contributed by atoms with Gasteiger partial charge in [0.1, 0.15) is 0 Å². The van der Waals surface area contributed by atoms with E-state index in [4.69, 9.17) is 5.11 Å². The monoisotopic (exact) mass is 254 g/mol. The molecule has 1 heterocycles. The van der Waals surface area contributed by atoms with E-state index in [9.17, 15) is 14.9 Å². The normalized spacial score (nSPS) is 16.3. The second kappa shape index (κ2) is 4.63. The van der Waals surface area contributed by atoms with Gasteiger partial charge in [-0.2, -0.15) is 0 Å². The van der Waals surface area contributed by atoms with E-state index in [0.29, 0.717) is 0 Å². The number of nitrogens with one attached hydrogen (secondary N) is 1. The molecular weight excluding hydrogens is 240 g/mol. The van der Waals surface area contributed by atoms with Gasteiger partial charge in [0, 0.05) is 13.1 Å². The Balaban J connectivity index is 2.17. The van der Waals surface area contributed by atoms with E-state index in [2.05, 4.69) is 10.3 Å². The molecule has 0 amide bonds. The average molecular weight is 254 g/mol. The Bertz CT molecular complexity index is 480. The summed E-state index contributed by atoms with van der Waals surface area (Å²) in [6.45, 7) is 0. The molecule has 2 rings (SSSR count). The first-order valence-electron chi connectivity index (χ1n) is 5.63. The predicted molar refractivity (Wildman–Crippen MR) is 62.2 cm³/mol. The number of carboxylic acids is 1. The summed E-state index contributed by atoms with van der Waals surface area (Å²) in [5.41, 5.74) is 0. The Morgan fingerprint density at radius 1 is 1.78 bits per heavy atom. The molecule has 0 saturated heterocycles. The number of aryl methyl sites for hydroxylation is 1. The van der Waals surface area contributed by atoms with Crippen molar-refractivity contribution in [1.29, 1.82) is 0 Å². The number of rotatable bonds is 6. The van der Waals surface area contributed by atoms with Crippen molar-refractivity contribution < 1.29 is 14.8 Å². The maximum atomic E-state index is 10.8. The van der Waals surface area contributed by atoms with Crippen LogP contribution in [0.2, 0.25) is 0 Å². The number of aliphatic carboxylic acids is 1. The minimum atomic E-state index is -0.913. The van der Waals surface area contributed by atoms with Crippen molar-refractivity contribution in [2.75, 3.05) is 5.32 Å². The fourth-order valence-electron chi connectivity index (χ4n) is 1.92. The first-order valence-corrected chi connectivity index (χ1v) is 5.63. The van der Waals surface area contributed by atoms with Crippen LogP contribution < -0.4 is 5.32 Å². The van der Waals surface area contributed by atoms with Gasteiger partial charge < -0.3 is 20.5 Å². The molecule has 0 aliphatic heterocycles. The van der Waals surface area contributed by atoms with Crippen LogP contribution in [0.15, 0.2) is 6.33 Å². The van der Waals surface area contributed by atoms with Crippen LogP contribution in [0.5, 0.6) is 0 Å². The summed E-state index contributed by atoms with van der Waals surface area (Å²) in [7, 11) is 1.63. The summed E-state index contributed by atoms with van der Waals surface area (Å²) in [5, 5.41) is 22.6. The van der Waals surface area contributed by atoms with Gasteiger partial charge in [0.15, 0.2) is 0 Å². The number of imidazole rings is 1. The van der Waals surface area contributed by atoms with E-state index in [1.807, 2.05) is 0 Å². The molecule has 0 radical (unpaired) electrons. The standard InChI is InChI=1S/C10H14N4O4/c1-13-5-11-9(14(17)18)10(13)12-7(4-8(15)16)6-2-3-6/h5-7,12H,2-4H2,1H3,(H,15,16). The Kier molecular flexibility index (Phi) is 3.17. The molecule has 1 saturated carbocycles. The zero-order chi connectivity index (χ0) is 13.3. The first-order chi connectivity index (χ1) is 8.49. The van der Waals surface area contributed by atoms with Gasteiger partial charge in [-0.1, -0.05) is 0 Å². The lowest BCUT2D eigenvalue weighted by atomic mass is 10.1. The summed E-state index contributed by atoms with van der Waals surface area (Å²) in [4.78, 5) is 24.7. The highest BCUT2D eigenvalue weighted by molar-refractivity contribution is 5.68. The third-order valence-corrected chi connectivity index (χ3v) is 3.00. The predicted octanol–water partition coefficient (Wildman–Crippen LogP) is 0.993. The number of hydrogen-bond acceptors (Lipinski definition) is 5. The highest BCUT2D eigenvalue weighted by atomic mass is 16.6. The third kappa shape index (κ3) is 2.58. The number of aromatic nitrogens is 2. The number of nitro groups is 1. The lowest BCUT2D eigenvalue weighted by molar-refractivity contribution is -0.388. The van der Waals surface area contributed by atoms with Crippen molar-refractivity contribution in [2.45, 2.75) is 25.3 Å². The van der Waals surface area contributed by atoms with E-state index in [1.54, 1.807) is 7.05 Å². The Morgan fingerprint density at radius 3 is 2.94 bits per heavy atom. The van der Waals surface area contributed by atoms with Crippen molar-refractivity contribution in [1.82, 2.24) is 9.55 Å². The van der Waals surface area contributed by atoms with E-state index in [0.717, 1.165) is 12.8 Å². The molecule has 0 aromatic carbocycles. The maximum Gasteiger partial charge on any atom is 0.406 e. The highest BCUT2D eigenvalue weighted by Gasteiger charge is 2.35. The van der Waals surface area contributed by atoms with Crippen LogP contribution in [-0.2, 0) is 11.8 Å². The Hall–Kier alpha value is -2.12. The molecule has 1 fully saturated rings. The molecule has 1 atom stereocenters. The molecule has 1 aromatic heterocycles. The summed E-state index contributed by atoms with van der Waals surface area (Å²) >= 11 is 0. The van der Waals surface area contributed by atoms with Crippen LogP contribution >= 0.6 is 0 Å². The molecule has 0 bridgehead atoms. The van der Waals surface area contributed by atoms with Crippen molar-refractivity contribution in [3.05, 3.63) is 16.4 Å². The molecule has 0 spiro atoms. The fraction of sp³-hybridized carbons (Fsp3) is 0.600. The molecule has 1 unspecified atom stereocenters. The van der Waals surface area contributed by atoms with Crippen LogP contribution in [0, 0.1) is 16.0 Å². The second-order valence-electron chi connectivity index (χ2n) is 4.47. The van der Waals surface area contributed by atoms with Crippen molar-refractivity contribution >= 4 is 17.6 Å². The van der Waals surface area contributed by atoms with Crippen LogP contribution in [0.3, 0.4) is 0 Å². The zero-order valence-corrected chi connectivity index (χ0v) is 9.87. The second-order valence-corrected chi connectivity index (χ2v) is 4.47. The molecule has 8 nitrogen and oxygen atoms in total. The van der Waals surface area contributed by atoms with E-state index in [1.165, 1.54) is 10.9 Å². The van der Waals surface area contributed by atoms with Gasteiger partial charge in [-0.05, 0) is 28.7 Å². The fourth-order valence-corrected chi connectivity index (χ4v) is 1.92. The first kappa shape index (κ1) is 12.3. The van der Waals surface area contributed by atoms with Gasteiger partial charge in [0.25, 0.3) is 0 Å². The van der Waals surface area contributed by atoms with E-state index >= 15 is 0 Å². The van der Waals surface area contributed by atoms with Crippen molar-refractivity contribution in [3.63, 3.8) is 0 Å². The maximum absolute atomic E-state index is 10.8. The van der Waals surface area contributed by atoms with E-state index in [-0.39, 0.29) is 30.0 Å². The van der Waals surface area contributed by atoms with Gasteiger partial charge in [-0.3, -0.25) is 9.36 Å². The molecule has 1 aromatic rings. The molecular formula is C10H14N4O4. The van der Waals surface area contributed by atoms with Crippen LogP contribution in [0.1, 0.15) is 19.3 Å². The summed E-state index contributed by atoms with van der Waals surface area (Å²) in [6.07, 6.45) is 3.20. The number of carbonyl (C=O) groups is 1. The molecule has 98 valence electrons. The van der Waals surface area contributed by atoms with Gasteiger partial charge in [0.2, 0.25) is 12.1 Å². The van der Waals surface area contributed by atoms with Gasteiger partial charge in [-0.25, -0.2) is 0 Å². The Morgan fingerprint density at radius 2 is 2.44 bits per heavy atom. The zero-order valence-electron chi connectivity index (χ0n) is 9.87. The highest BCUT2D eigenvalue weighted by Crippen LogP contribution is 2.36. The lowest BCUT2D eigenvalue weighted by Crippen LogP contribution is -2.26. The molecule has 2 N–H and O–H groups in total. The van der Waals surface area contributed by atoms with Gasteiger partial charge in [0.05, 0.1) is 6.42 Å². The van der Waals surface area contributed by atoms with Crippen LogP contribution in [0.4, 0.5) is 11.6 Å². The number of nitrogens with zero attached hydrogens (tertiary/aromatic N) is 3. The molecule has 8 heteroatoms. The smallest absolute Gasteiger partial charge is 0.406 e. The quantitative estimate of drug-likeness (QED) is 0.578. The Labute approximate surface area is 103 Å². The average Bonchev–Trinajstić information content (AvgIpc) is 3.04. The summed E-state index contributed by atoms with van der Waals surface area (Å²) in [6, 6.07) is -0.281. The molecule has 18 heavy (non-hydrogen) atoms. The summed E-state index contributed by atoms with van der Waals surface area (Å²) < 4.78 is 1.50. The van der Waals surface area contributed by atoms with Gasteiger partial charge in [-0.15, -0.1) is 0 Å². The van der Waals surface area contributed by atoms with Crippen LogP contribution in [0.25, 0.3) is 0 Å². The number of hydrogen-bond donors (Lipinski definition) is 2.